The average molecular weight is 436 g/mol. The molecule has 0 bridgehead atoms. The minimum absolute atomic E-state index is 0.117. The molecule has 156 valence electrons. The molecule has 1 unspecified atom stereocenters. The van der Waals surface area contributed by atoms with Gasteiger partial charge >= 0.3 is 0 Å². The maximum absolute atomic E-state index is 13.6. The van der Waals surface area contributed by atoms with Crippen LogP contribution in [0.15, 0.2) is 64.5 Å². The molecular weight excluding hydrogens is 410 g/mol. The highest BCUT2D eigenvalue weighted by Gasteiger charge is 2.31. The fourth-order valence-electron chi connectivity index (χ4n) is 3.51. The molecule has 3 N–H and O–H groups in total. The fraction of sp³-hybridized carbons (Fsp3) is 0.300. The Balaban J connectivity index is 2.16. The van der Waals surface area contributed by atoms with Crippen LogP contribution in [0.5, 0.6) is 0 Å². The number of nitrogens with two attached hydrogens (primary N) is 1. The van der Waals surface area contributed by atoms with Crippen LogP contribution in [0.2, 0.25) is 0 Å². The molecule has 1 atom stereocenters. The van der Waals surface area contributed by atoms with Crippen molar-refractivity contribution in [1.82, 2.24) is 4.98 Å². The Bertz CT molecular complexity index is 1230. The van der Waals surface area contributed by atoms with E-state index in [-0.39, 0.29) is 21.8 Å². The molecule has 0 spiro atoms. The van der Waals surface area contributed by atoms with Crippen LogP contribution >= 0.6 is 0 Å². The number of hydrogen-bond donors (Lipinski definition) is 2. The minimum atomic E-state index is -4.03. The van der Waals surface area contributed by atoms with Gasteiger partial charge in [-0.2, -0.15) is 0 Å². The van der Waals surface area contributed by atoms with Crippen LogP contribution in [-0.2, 0) is 20.0 Å². The van der Waals surface area contributed by atoms with Crippen molar-refractivity contribution in [2.45, 2.75) is 43.0 Å². The molecular formula is C20H25N3O4S2. The summed E-state index contributed by atoms with van der Waals surface area (Å²) >= 11 is 0. The molecule has 0 amide bonds. The first kappa shape index (κ1) is 21.4. The maximum Gasteiger partial charge on any atom is 0.264 e. The van der Waals surface area contributed by atoms with E-state index < -0.39 is 20.0 Å². The van der Waals surface area contributed by atoms with Gasteiger partial charge in [0.2, 0.25) is 10.0 Å². The first-order valence-corrected chi connectivity index (χ1v) is 12.2. The molecule has 0 fully saturated rings. The molecule has 0 aliphatic rings. The standard InChI is InChI=1S/C20H25N3O4S2/c1-14(2)11-15(3)23(17-7-8-20-16(12-17)9-10-22-20)29(26,27)19-6-4-5-18(13-19)28(21,24)25/h4-10,12-15,22H,11H2,1-3H3,(H2,21,24,25). The number of H-pyrrole nitrogens is 1. The summed E-state index contributed by atoms with van der Waals surface area (Å²) in [5.41, 5.74) is 1.42. The van der Waals surface area contributed by atoms with E-state index in [9.17, 15) is 16.8 Å². The zero-order chi connectivity index (χ0) is 21.4. The highest BCUT2D eigenvalue weighted by molar-refractivity contribution is 7.93. The van der Waals surface area contributed by atoms with E-state index in [1.54, 1.807) is 12.3 Å². The molecule has 0 aliphatic carbocycles. The SMILES string of the molecule is CC(C)CC(C)N(c1ccc2[nH]ccc2c1)S(=O)(=O)c1cccc(S(N)(=O)=O)c1. The first-order chi connectivity index (χ1) is 13.5. The Morgan fingerprint density at radius 3 is 2.31 bits per heavy atom. The number of nitrogens with zero attached hydrogens (tertiary/aromatic N) is 1. The average Bonchev–Trinajstić information content (AvgIpc) is 3.08. The van der Waals surface area contributed by atoms with Gasteiger partial charge in [0.15, 0.2) is 0 Å². The summed E-state index contributed by atoms with van der Waals surface area (Å²) in [7, 11) is -8.05. The number of sulfonamides is 2. The lowest BCUT2D eigenvalue weighted by Gasteiger charge is -2.31. The van der Waals surface area contributed by atoms with E-state index >= 15 is 0 Å². The number of aromatic nitrogens is 1. The van der Waals surface area contributed by atoms with Gasteiger partial charge in [-0.15, -0.1) is 0 Å². The summed E-state index contributed by atoms with van der Waals surface area (Å²) in [6.07, 6.45) is 2.43. The van der Waals surface area contributed by atoms with Crippen LogP contribution in [-0.4, -0.2) is 27.9 Å². The van der Waals surface area contributed by atoms with Gasteiger partial charge in [0.05, 0.1) is 15.5 Å². The van der Waals surface area contributed by atoms with Crippen LogP contribution in [0, 0.1) is 5.92 Å². The number of fused-ring (bicyclic) bond motifs is 1. The molecule has 1 heterocycles. The molecule has 7 nitrogen and oxygen atoms in total. The van der Waals surface area contributed by atoms with Gasteiger partial charge in [-0.1, -0.05) is 19.9 Å². The van der Waals surface area contributed by atoms with Crippen molar-refractivity contribution < 1.29 is 16.8 Å². The molecule has 0 saturated carbocycles. The topological polar surface area (TPSA) is 113 Å². The smallest absolute Gasteiger partial charge is 0.264 e. The monoisotopic (exact) mass is 435 g/mol. The van der Waals surface area contributed by atoms with Crippen LogP contribution in [0.4, 0.5) is 5.69 Å². The molecule has 3 rings (SSSR count). The Hall–Kier alpha value is -2.36. The molecule has 1 aromatic heterocycles. The molecule has 0 saturated heterocycles. The second kappa shape index (κ2) is 7.81. The van der Waals surface area contributed by atoms with Gasteiger partial charge in [-0.05, 0) is 61.7 Å². The van der Waals surface area contributed by atoms with E-state index in [1.165, 1.54) is 22.5 Å². The normalized spacial score (nSPS) is 13.7. The van der Waals surface area contributed by atoms with Gasteiger partial charge in [0.25, 0.3) is 10.0 Å². The second-order valence-electron chi connectivity index (χ2n) is 7.55. The van der Waals surface area contributed by atoms with Crippen molar-refractivity contribution in [1.29, 1.82) is 0 Å². The Kier molecular flexibility index (Phi) is 5.75. The van der Waals surface area contributed by atoms with Gasteiger partial charge in [-0.3, -0.25) is 4.31 Å². The third-order valence-electron chi connectivity index (χ3n) is 4.70. The summed E-state index contributed by atoms with van der Waals surface area (Å²) in [5, 5.41) is 6.08. The lowest BCUT2D eigenvalue weighted by molar-refractivity contribution is 0.509. The molecule has 9 heteroatoms. The van der Waals surface area contributed by atoms with E-state index in [2.05, 4.69) is 4.98 Å². The number of hydrogen-bond acceptors (Lipinski definition) is 4. The number of primary sulfonamides is 1. The van der Waals surface area contributed by atoms with Crippen molar-refractivity contribution in [2.75, 3.05) is 4.31 Å². The number of rotatable bonds is 7. The van der Waals surface area contributed by atoms with Crippen molar-refractivity contribution in [3.8, 4) is 0 Å². The number of anilines is 1. The first-order valence-electron chi connectivity index (χ1n) is 9.24. The minimum Gasteiger partial charge on any atom is -0.361 e. The van der Waals surface area contributed by atoms with E-state index in [4.69, 9.17) is 5.14 Å². The summed E-state index contributed by atoms with van der Waals surface area (Å²) in [6, 6.07) is 12.1. The number of aromatic amines is 1. The number of nitrogens with one attached hydrogen (secondary N) is 1. The molecule has 0 aliphatic heterocycles. The second-order valence-corrected chi connectivity index (χ2v) is 10.9. The van der Waals surface area contributed by atoms with Gasteiger partial charge in [0.1, 0.15) is 0 Å². The molecule has 2 aromatic carbocycles. The van der Waals surface area contributed by atoms with Crippen LogP contribution < -0.4 is 9.44 Å². The van der Waals surface area contributed by atoms with E-state index in [0.29, 0.717) is 12.1 Å². The van der Waals surface area contributed by atoms with Crippen molar-refractivity contribution in [2.24, 2.45) is 11.1 Å². The zero-order valence-electron chi connectivity index (χ0n) is 16.5. The zero-order valence-corrected chi connectivity index (χ0v) is 18.2. The van der Waals surface area contributed by atoms with Crippen LogP contribution in [0.3, 0.4) is 0 Å². The predicted octanol–water partition coefficient (Wildman–Crippen LogP) is 3.45. The van der Waals surface area contributed by atoms with Gasteiger partial charge in [-0.25, -0.2) is 22.0 Å². The van der Waals surface area contributed by atoms with Crippen molar-refractivity contribution in [3.63, 3.8) is 0 Å². The summed E-state index contributed by atoms with van der Waals surface area (Å²) in [5.74, 6) is 0.273. The van der Waals surface area contributed by atoms with Crippen molar-refractivity contribution in [3.05, 3.63) is 54.7 Å². The fourth-order valence-corrected chi connectivity index (χ4v) is 5.85. The highest BCUT2D eigenvalue weighted by Crippen LogP contribution is 2.31. The van der Waals surface area contributed by atoms with E-state index in [1.807, 2.05) is 39.0 Å². The van der Waals surface area contributed by atoms with Crippen molar-refractivity contribution >= 4 is 36.6 Å². The van der Waals surface area contributed by atoms with Gasteiger partial charge in [0, 0.05) is 23.1 Å². The Morgan fingerprint density at radius 1 is 0.966 bits per heavy atom. The lowest BCUT2D eigenvalue weighted by atomic mass is 10.0. The lowest BCUT2D eigenvalue weighted by Crippen LogP contribution is -2.39. The van der Waals surface area contributed by atoms with Gasteiger partial charge < -0.3 is 4.98 Å². The van der Waals surface area contributed by atoms with Crippen LogP contribution in [0.1, 0.15) is 27.2 Å². The Labute approximate surface area is 171 Å². The summed E-state index contributed by atoms with van der Waals surface area (Å²) < 4.78 is 52.0. The Morgan fingerprint density at radius 2 is 1.66 bits per heavy atom. The third kappa shape index (κ3) is 4.47. The molecule has 0 radical (unpaired) electrons. The molecule has 3 aromatic rings. The predicted molar refractivity (Wildman–Crippen MR) is 115 cm³/mol. The highest BCUT2D eigenvalue weighted by atomic mass is 32.2. The van der Waals surface area contributed by atoms with Crippen LogP contribution in [0.25, 0.3) is 10.9 Å². The quantitative estimate of drug-likeness (QED) is 0.592. The summed E-state index contributed by atoms with van der Waals surface area (Å²) in [4.78, 5) is 2.74. The summed E-state index contributed by atoms with van der Waals surface area (Å²) in [6.45, 7) is 5.90. The maximum atomic E-state index is 13.6. The third-order valence-corrected chi connectivity index (χ3v) is 7.54. The largest absolute Gasteiger partial charge is 0.361 e. The number of benzene rings is 2. The van der Waals surface area contributed by atoms with E-state index in [0.717, 1.165) is 17.0 Å². The molecule has 29 heavy (non-hydrogen) atoms.